The minimum atomic E-state index is -0.194. The lowest BCUT2D eigenvalue weighted by Crippen LogP contribution is -2.48. The molecule has 1 aromatic carbocycles. The SMILES string of the molecule is CC1=CC2(CCN(C(=O)c3cc(-c4cccnc4)nc4ccccc34)CC2)OCC1. The quantitative estimate of drug-likeness (QED) is 0.589. The fourth-order valence-electron chi connectivity index (χ4n) is 4.54. The van der Waals surface area contributed by atoms with Crippen LogP contribution in [0.2, 0.25) is 0 Å². The second-order valence-corrected chi connectivity index (χ2v) is 8.26. The number of hydrogen-bond acceptors (Lipinski definition) is 4. The maximum absolute atomic E-state index is 13.6. The highest BCUT2D eigenvalue weighted by atomic mass is 16.5. The second-order valence-electron chi connectivity index (χ2n) is 8.26. The normalized spacial score (nSPS) is 18.4. The molecule has 0 N–H and O–H groups in total. The van der Waals surface area contributed by atoms with Crippen LogP contribution in [0.25, 0.3) is 22.2 Å². The molecule has 5 heteroatoms. The predicted molar refractivity (Wildman–Crippen MR) is 117 cm³/mol. The highest BCUT2D eigenvalue weighted by Gasteiger charge is 2.37. The van der Waals surface area contributed by atoms with Crippen LogP contribution in [0, 0.1) is 0 Å². The summed E-state index contributed by atoms with van der Waals surface area (Å²) in [7, 11) is 0. The van der Waals surface area contributed by atoms with Gasteiger partial charge >= 0.3 is 0 Å². The van der Waals surface area contributed by atoms with E-state index in [4.69, 9.17) is 9.72 Å². The number of amides is 1. The molecule has 2 aromatic heterocycles. The first-order valence-corrected chi connectivity index (χ1v) is 10.6. The Morgan fingerprint density at radius 2 is 1.97 bits per heavy atom. The summed E-state index contributed by atoms with van der Waals surface area (Å²) in [5.41, 5.74) is 4.40. The van der Waals surface area contributed by atoms with E-state index >= 15 is 0 Å². The summed E-state index contributed by atoms with van der Waals surface area (Å²) in [5, 5.41) is 0.889. The molecule has 3 aromatic rings. The largest absolute Gasteiger partial charge is 0.370 e. The van der Waals surface area contributed by atoms with Crippen LogP contribution in [0.1, 0.15) is 36.5 Å². The lowest BCUT2D eigenvalue weighted by atomic mass is 9.86. The van der Waals surface area contributed by atoms with Gasteiger partial charge in [0.25, 0.3) is 5.91 Å². The Bertz CT molecular complexity index is 1120. The Labute approximate surface area is 176 Å². The van der Waals surface area contributed by atoms with Crippen LogP contribution in [0.15, 0.2) is 66.5 Å². The van der Waals surface area contributed by atoms with E-state index in [0.717, 1.165) is 48.0 Å². The number of carbonyl (C=O) groups is 1. The van der Waals surface area contributed by atoms with Crippen molar-refractivity contribution in [3.63, 3.8) is 0 Å². The van der Waals surface area contributed by atoms with E-state index in [2.05, 4.69) is 18.0 Å². The second kappa shape index (κ2) is 7.65. The monoisotopic (exact) mass is 399 g/mol. The Kier molecular flexibility index (Phi) is 4.83. The van der Waals surface area contributed by atoms with Crippen molar-refractivity contribution in [2.75, 3.05) is 19.7 Å². The molecule has 5 rings (SSSR count). The number of rotatable bonds is 2. The Hall–Kier alpha value is -3.05. The first-order valence-electron chi connectivity index (χ1n) is 10.6. The van der Waals surface area contributed by atoms with Gasteiger partial charge in [0.2, 0.25) is 0 Å². The summed E-state index contributed by atoms with van der Waals surface area (Å²) in [6.07, 6.45) is 8.49. The maximum atomic E-state index is 13.6. The molecule has 0 saturated carbocycles. The fraction of sp³-hybridized carbons (Fsp3) is 0.320. The van der Waals surface area contributed by atoms with E-state index < -0.39 is 0 Å². The molecule has 0 atom stereocenters. The molecule has 0 bridgehead atoms. The third-order valence-corrected chi connectivity index (χ3v) is 6.20. The fourth-order valence-corrected chi connectivity index (χ4v) is 4.54. The molecule has 2 aliphatic heterocycles. The molecule has 30 heavy (non-hydrogen) atoms. The van der Waals surface area contributed by atoms with Gasteiger partial charge in [-0.3, -0.25) is 9.78 Å². The number of nitrogens with zero attached hydrogens (tertiary/aromatic N) is 3. The van der Waals surface area contributed by atoms with Crippen molar-refractivity contribution in [2.45, 2.75) is 31.8 Å². The number of pyridine rings is 2. The molecular formula is C25H25N3O2. The van der Waals surface area contributed by atoms with Gasteiger partial charge in [-0.05, 0) is 50.5 Å². The molecule has 1 spiro atoms. The van der Waals surface area contributed by atoms with E-state index in [0.29, 0.717) is 18.7 Å². The molecule has 5 nitrogen and oxygen atoms in total. The zero-order chi connectivity index (χ0) is 20.6. The van der Waals surface area contributed by atoms with E-state index in [-0.39, 0.29) is 11.5 Å². The number of aromatic nitrogens is 2. The highest BCUT2D eigenvalue weighted by molar-refractivity contribution is 6.07. The van der Waals surface area contributed by atoms with Gasteiger partial charge in [0.05, 0.1) is 29.0 Å². The summed E-state index contributed by atoms with van der Waals surface area (Å²) >= 11 is 0. The number of carbonyl (C=O) groups excluding carboxylic acids is 1. The van der Waals surface area contributed by atoms with Crippen LogP contribution in [0.3, 0.4) is 0 Å². The molecule has 2 aliphatic rings. The van der Waals surface area contributed by atoms with Crippen LogP contribution < -0.4 is 0 Å². The molecule has 0 aliphatic carbocycles. The van der Waals surface area contributed by atoms with Crippen molar-refractivity contribution in [3.05, 3.63) is 72.1 Å². The van der Waals surface area contributed by atoms with E-state index in [1.165, 1.54) is 5.57 Å². The third kappa shape index (κ3) is 3.50. The lowest BCUT2D eigenvalue weighted by molar-refractivity contribution is -0.0521. The van der Waals surface area contributed by atoms with Gasteiger partial charge in [0.1, 0.15) is 0 Å². The summed E-state index contributed by atoms with van der Waals surface area (Å²) in [6, 6.07) is 13.6. The van der Waals surface area contributed by atoms with Crippen molar-refractivity contribution >= 4 is 16.8 Å². The van der Waals surface area contributed by atoms with Crippen LogP contribution in [0.4, 0.5) is 0 Å². The molecule has 4 heterocycles. The molecule has 0 radical (unpaired) electrons. The summed E-state index contributed by atoms with van der Waals surface area (Å²) in [5.74, 6) is 0.0603. The molecule has 0 unspecified atom stereocenters. The molecular weight excluding hydrogens is 374 g/mol. The van der Waals surface area contributed by atoms with Crippen LogP contribution in [0.5, 0.6) is 0 Å². The number of likely N-dealkylation sites (tertiary alicyclic amines) is 1. The first-order chi connectivity index (χ1) is 14.6. The number of fused-ring (bicyclic) bond motifs is 1. The Morgan fingerprint density at radius 1 is 1.13 bits per heavy atom. The van der Waals surface area contributed by atoms with E-state index in [1.807, 2.05) is 47.4 Å². The number of piperidine rings is 1. The van der Waals surface area contributed by atoms with Gasteiger partial charge in [-0.1, -0.05) is 29.8 Å². The number of benzene rings is 1. The number of ether oxygens (including phenoxy) is 1. The number of hydrogen-bond donors (Lipinski definition) is 0. The first kappa shape index (κ1) is 18.9. The van der Waals surface area contributed by atoms with Gasteiger partial charge in [0, 0.05) is 36.4 Å². The molecule has 152 valence electrons. The zero-order valence-corrected chi connectivity index (χ0v) is 17.2. The molecule has 1 saturated heterocycles. The van der Waals surface area contributed by atoms with Crippen molar-refractivity contribution < 1.29 is 9.53 Å². The van der Waals surface area contributed by atoms with Gasteiger partial charge in [-0.2, -0.15) is 0 Å². The Balaban J connectivity index is 1.47. The van der Waals surface area contributed by atoms with Gasteiger partial charge in [-0.15, -0.1) is 0 Å². The maximum Gasteiger partial charge on any atom is 0.254 e. The average Bonchev–Trinajstić information content (AvgIpc) is 2.79. The average molecular weight is 399 g/mol. The lowest BCUT2D eigenvalue weighted by Gasteiger charge is -2.42. The van der Waals surface area contributed by atoms with Gasteiger partial charge < -0.3 is 9.64 Å². The van der Waals surface area contributed by atoms with E-state index in [9.17, 15) is 4.79 Å². The molecule has 1 amide bonds. The van der Waals surface area contributed by atoms with Crippen molar-refractivity contribution in [1.29, 1.82) is 0 Å². The number of para-hydroxylation sites is 1. The van der Waals surface area contributed by atoms with E-state index in [1.54, 1.807) is 12.4 Å². The smallest absolute Gasteiger partial charge is 0.254 e. The highest BCUT2D eigenvalue weighted by Crippen LogP contribution is 2.34. The van der Waals surface area contributed by atoms with Crippen LogP contribution >= 0.6 is 0 Å². The Morgan fingerprint density at radius 3 is 2.73 bits per heavy atom. The standard InChI is InChI=1S/C25H25N3O2/c1-18-8-14-30-25(16-18)9-12-28(13-10-25)24(29)21-15-23(19-5-4-11-26-17-19)27-22-7-3-2-6-20(21)22/h2-7,11,15-17H,8-10,12-14H2,1H3. The van der Waals surface area contributed by atoms with Gasteiger partial charge in [0.15, 0.2) is 0 Å². The van der Waals surface area contributed by atoms with Crippen molar-refractivity contribution in [1.82, 2.24) is 14.9 Å². The third-order valence-electron chi connectivity index (χ3n) is 6.20. The summed E-state index contributed by atoms with van der Waals surface area (Å²) in [4.78, 5) is 24.5. The van der Waals surface area contributed by atoms with Crippen molar-refractivity contribution in [2.24, 2.45) is 0 Å². The van der Waals surface area contributed by atoms with Crippen LogP contribution in [-0.2, 0) is 4.74 Å². The van der Waals surface area contributed by atoms with Crippen LogP contribution in [-0.4, -0.2) is 46.1 Å². The summed E-state index contributed by atoms with van der Waals surface area (Å²) in [6.45, 7) is 4.34. The predicted octanol–water partition coefficient (Wildman–Crippen LogP) is 4.64. The topological polar surface area (TPSA) is 55.3 Å². The zero-order valence-electron chi connectivity index (χ0n) is 17.2. The van der Waals surface area contributed by atoms with Crippen molar-refractivity contribution in [3.8, 4) is 11.3 Å². The van der Waals surface area contributed by atoms with Gasteiger partial charge in [-0.25, -0.2) is 4.98 Å². The molecule has 1 fully saturated rings. The summed E-state index contributed by atoms with van der Waals surface area (Å²) < 4.78 is 6.13. The minimum Gasteiger partial charge on any atom is -0.370 e. The minimum absolute atomic E-state index is 0.0603.